The van der Waals surface area contributed by atoms with Gasteiger partial charge in [0.25, 0.3) is 5.56 Å². The number of thiophene rings is 1. The van der Waals surface area contributed by atoms with E-state index in [1.54, 1.807) is 0 Å². The first kappa shape index (κ1) is 19.2. The Morgan fingerprint density at radius 3 is 2.64 bits per heavy atom. The predicted octanol–water partition coefficient (Wildman–Crippen LogP) is 5.98. The van der Waals surface area contributed by atoms with Gasteiger partial charge in [0.1, 0.15) is 10.4 Å². The third kappa shape index (κ3) is 3.15. The van der Waals surface area contributed by atoms with Crippen molar-refractivity contribution in [3.8, 4) is 16.9 Å². The Labute approximate surface area is 175 Å². The van der Waals surface area contributed by atoms with Crippen LogP contribution in [-0.2, 0) is 0 Å². The maximum absolute atomic E-state index is 12.5. The highest BCUT2D eigenvalue weighted by Crippen LogP contribution is 2.43. The molecule has 28 heavy (non-hydrogen) atoms. The Bertz CT molecular complexity index is 1210. The minimum atomic E-state index is -0.0717. The lowest BCUT2D eigenvalue weighted by Crippen LogP contribution is -2.08. The Morgan fingerprint density at radius 1 is 1.21 bits per heavy atom. The third-order valence-electron chi connectivity index (χ3n) is 4.99. The molecule has 6 heteroatoms. The molecule has 3 N–H and O–H groups in total. The second kappa shape index (κ2) is 7.70. The molecule has 0 bridgehead atoms. The Balaban J connectivity index is 2.08. The minimum absolute atomic E-state index is 0.0296. The van der Waals surface area contributed by atoms with Crippen LogP contribution in [0.1, 0.15) is 31.9 Å². The summed E-state index contributed by atoms with van der Waals surface area (Å²) in [7, 11) is 0. The van der Waals surface area contributed by atoms with Crippen molar-refractivity contribution in [2.75, 3.05) is 6.61 Å². The quantitative estimate of drug-likeness (QED) is 0.387. The second-order valence-electron chi connectivity index (χ2n) is 6.67. The summed E-state index contributed by atoms with van der Waals surface area (Å²) in [5, 5.41) is 3.88. The van der Waals surface area contributed by atoms with Crippen molar-refractivity contribution in [1.82, 2.24) is 4.98 Å². The number of nitrogens with one attached hydrogen (secondary N) is 1. The van der Waals surface area contributed by atoms with E-state index in [0.29, 0.717) is 6.61 Å². The van der Waals surface area contributed by atoms with Gasteiger partial charge in [-0.1, -0.05) is 31.2 Å². The van der Waals surface area contributed by atoms with Gasteiger partial charge in [0.2, 0.25) is 0 Å². The molecule has 4 rings (SSSR count). The maximum atomic E-state index is 12.5. The number of pyridine rings is 1. The molecule has 0 fully saturated rings. The lowest BCUT2D eigenvalue weighted by Gasteiger charge is -2.17. The van der Waals surface area contributed by atoms with E-state index in [1.807, 2.05) is 24.4 Å². The zero-order valence-corrected chi connectivity index (χ0v) is 18.1. The molecule has 0 aliphatic heterocycles. The second-order valence-corrected chi connectivity index (χ2v) is 8.44. The van der Waals surface area contributed by atoms with Gasteiger partial charge in [-0.15, -0.1) is 11.3 Å². The summed E-state index contributed by atoms with van der Waals surface area (Å²) in [5.74, 6) is 0.786. The number of H-pyrrole nitrogens is 1. The number of fused-ring (bicyclic) bond motifs is 3. The van der Waals surface area contributed by atoms with Crippen LogP contribution in [0.15, 0.2) is 51.0 Å². The van der Waals surface area contributed by atoms with Crippen molar-refractivity contribution in [3.05, 3.63) is 62.2 Å². The largest absolute Gasteiger partial charge is 0.493 e. The van der Waals surface area contributed by atoms with E-state index in [1.165, 1.54) is 11.3 Å². The van der Waals surface area contributed by atoms with Crippen molar-refractivity contribution in [1.29, 1.82) is 0 Å². The maximum Gasteiger partial charge on any atom is 0.266 e. The van der Waals surface area contributed by atoms with E-state index in [2.05, 4.69) is 52.1 Å². The molecule has 4 nitrogen and oxygen atoms in total. The molecule has 144 valence electrons. The highest BCUT2D eigenvalue weighted by Gasteiger charge is 2.19. The van der Waals surface area contributed by atoms with Crippen molar-refractivity contribution in [2.24, 2.45) is 5.73 Å². The summed E-state index contributed by atoms with van der Waals surface area (Å²) < 4.78 is 7.52. The molecule has 4 aromatic rings. The number of halogens is 1. The van der Waals surface area contributed by atoms with Crippen LogP contribution in [0, 0.1) is 0 Å². The fraction of sp³-hybridized carbons (Fsp3) is 0.227. The molecule has 2 heterocycles. The summed E-state index contributed by atoms with van der Waals surface area (Å²) in [6.07, 6.45) is 0.890. The van der Waals surface area contributed by atoms with Crippen LogP contribution in [-0.4, -0.2) is 11.6 Å². The van der Waals surface area contributed by atoms with Crippen LogP contribution in [0.5, 0.6) is 5.75 Å². The number of rotatable bonds is 5. The topological polar surface area (TPSA) is 68.1 Å². The van der Waals surface area contributed by atoms with Gasteiger partial charge in [-0.2, -0.15) is 0 Å². The Kier molecular flexibility index (Phi) is 5.27. The lowest BCUT2D eigenvalue weighted by atomic mass is 9.95. The molecule has 0 saturated carbocycles. The number of ether oxygens (including phenoxy) is 1. The lowest BCUT2D eigenvalue weighted by molar-refractivity contribution is 0.342. The summed E-state index contributed by atoms with van der Waals surface area (Å²) in [6, 6.07) is 12.3. The van der Waals surface area contributed by atoms with Crippen LogP contribution in [0.25, 0.3) is 32.1 Å². The highest BCUT2D eigenvalue weighted by atomic mass is 79.9. The molecule has 0 amide bonds. The summed E-state index contributed by atoms with van der Waals surface area (Å²) in [6.45, 7) is 4.61. The fourth-order valence-electron chi connectivity index (χ4n) is 3.56. The van der Waals surface area contributed by atoms with Crippen LogP contribution < -0.4 is 16.0 Å². The zero-order chi connectivity index (χ0) is 19.8. The van der Waals surface area contributed by atoms with E-state index in [0.717, 1.165) is 54.3 Å². The van der Waals surface area contributed by atoms with Gasteiger partial charge in [-0.3, -0.25) is 4.79 Å². The fourth-order valence-corrected chi connectivity index (χ4v) is 4.86. The van der Waals surface area contributed by atoms with Gasteiger partial charge in [-0.05, 0) is 57.9 Å². The molecule has 0 saturated heterocycles. The summed E-state index contributed by atoms with van der Waals surface area (Å²) >= 11 is 5.06. The average Bonchev–Trinajstić information content (AvgIpc) is 3.20. The van der Waals surface area contributed by atoms with Gasteiger partial charge in [0.05, 0.1) is 12.1 Å². The number of benzene rings is 2. The SMILES string of the molecule is CCOc1cc(Br)c2[nH]c(=O)c3sccc3c2c1-c1ccc([C@H](N)CC)cc1. The number of hydrogen-bond acceptors (Lipinski definition) is 4. The molecule has 0 aliphatic rings. The number of aromatic amines is 1. The zero-order valence-electron chi connectivity index (χ0n) is 15.7. The Hall–Kier alpha value is -2.15. The Morgan fingerprint density at radius 2 is 1.96 bits per heavy atom. The first-order valence-corrected chi connectivity index (χ1v) is 11.0. The summed E-state index contributed by atoms with van der Waals surface area (Å²) in [4.78, 5) is 15.5. The smallest absolute Gasteiger partial charge is 0.266 e. The van der Waals surface area contributed by atoms with Gasteiger partial charge < -0.3 is 15.5 Å². The van der Waals surface area contributed by atoms with Crippen molar-refractivity contribution >= 4 is 48.3 Å². The van der Waals surface area contributed by atoms with Crippen LogP contribution in [0.4, 0.5) is 0 Å². The molecule has 0 aliphatic carbocycles. The number of aromatic nitrogens is 1. The van der Waals surface area contributed by atoms with Gasteiger partial charge in [-0.25, -0.2) is 0 Å². The molecule has 0 spiro atoms. The van der Waals surface area contributed by atoms with E-state index >= 15 is 0 Å². The minimum Gasteiger partial charge on any atom is -0.493 e. The molecule has 2 aromatic carbocycles. The van der Waals surface area contributed by atoms with Gasteiger partial charge >= 0.3 is 0 Å². The average molecular weight is 457 g/mol. The van der Waals surface area contributed by atoms with Crippen LogP contribution in [0.2, 0.25) is 0 Å². The van der Waals surface area contributed by atoms with E-state index in [-0.39, 0.29) is 11.6 Å². The highest BCUT2D eigenvalue weighted by molar-refractivity contribution is 9.10. The molecule has 0 unspecified atom stereocenters. The van der Waals surface area contributed by atoms with Gasteiger partial charge in [0.15, 0.2) is 0 Å². The first-order chi connectivity index (χ1) is 13.5. The third-order valence-corrected chi connectivity index (χ3v) is 6.53. The molecular formula is C22H21BrN2O2S. The van der Waals surface area contributed by atoms with E-state index < -0.39 is 0 Å². The predicted molar refractivity (Wildman–Crippen MR) is 121 cm³/mol. The number of hydrogen-bond donors (Lipinski definition) is 2. The van der Waals surface area contributed by atoms with Crippen molar-refractivity contribution in [3.63, 3.8) is 0 Å². The normalized spacial score (nSPS) is 12.6. The first-order valence-electron chi connectivity index (χ1n) is 9.29. The van der Waals surface area contributed by atoms with Crippen molar-refractivity contribution < 1.29 is 4.74 Å². The summed E-state index contributed by atoms with van der Waals surface area (Å²) in [5.41, 5.74) is 10.0. The molecule has 1 atom stereocenters. The van der Waals surface area contributed by atoms with Crippen LogP contribution in [0.3, 0.4) is 0 Å². The molecule has 0 radical (unpaired) electrons. The number of nitrogens with two attached hydrogens (primary N) is 1. The van der Waals surface area contributed by atoms with E-state index in [4.69, 9.17) is 10.5 Å². The monoisotopic (exact) mass is 456 g/mol. The van der Waals surface area contributed by atoms with Gasteiger partial charge in [0, 0.05) is 26.9 Å². The van der Waals surface area contributed by atoms with Crippen LogP contribution >= 0.6 is 27.3 Å². The van der Waals surface area contributed by atoms with Crippen molar-refractivity contribution in [2.45, 2.75) is 26.3 Å². The standard InChI is InChI=1S/C22H21BrN2O2S/c1-3-16(24)12-5-7-13(8-6-12)18-17(27-4-2)11-15(23)20-19(18)14-9-10-28-21(14)22(26)25-20/h5-11,16H,3-4,24H2,1-2H3,(H,25,26)/t16-/m1/s1. The molecule has 2 aromatic heterocycles. The van der Waals surface area contributed by atoms with E-state index in [9.17, 15) is 4.79 Å². The molecular weight excluding hydrogens is 436 g/mol.